The quantitative estimate of drug-likeness (QED) is 0.261. The molecule has 0 amide bonds. The zero-order valence-electron chi connectivity index (χ0n) is 18.0. The van der Waals surface area contributed by atoms with Gasteiger partial charge >= 0.3 is 0 Å². The van der Waals surface area contributed by atoms with E-state index in [2.05, 4.69) is 55.5 Å². The summed E-state index contributed by atoms with van der Waals surface area (Å²) in [5.41, 5.74) is 6.07. The molecular weight excluding hydrogens is 405 g/mol. The van der Waals surface area contributed by atoms with Gasteiger partial charge in [0.2, 0.25) is 0 Å². The summed E-state index contributed by atoms with van der Waals surface area (Å²) in [5.74, 6) is -3.31. The average Bonchev–Trinajstić information content (AvgIpc) is 2.82. The molecule has 0 saturated carbocycles. The normalized spacial score (nSPS) is 12.0. The second-order valence-corrected chi connectivity index (χ2v) is 8.28. The van der Waals surface area contributed by atoms with Crippen molar-refractivity contribution in [2.45, 2.75) is 32.1 Å². The van der Waals surface area contributed by atoms with Crippen LogP contribution in [0.3, 0.4) is 0 Å². The molecule has 0 aliphatic rings. The minimum Gasteiger partial charge on any atom is -0.204 e. The molecule has 0 aliphatic carbocycles. The van der Waals surface area contributed by atoms with Gasteiger partial charge in [0, 0.05) is 0 Å². The predicted molar refractivity (Wildman–Crippen MR) is 124 cm³/mol. The second kappa shape index (κ2) is 9.86. The van der Waals surface area contributed by atoms with Crippen LogP contribution in [-0.2, 0) is 19.3 Å². The summed E-state index contributed by atoms with van der Waals surface area (Å²) in [5, 5.41) is 0. The third-order valence-corrected chi connectivity index (χ3v) is 5.91. The summed E-state index contributed by atoms with van der Waals surface area (Å²) >= 11 is 0. The summed E-state index contributed by atoms with van der Waals surface area (Å²) in [7, 11) is 0. The van der Waals surface area contributed by atoms with E-state index in [1.54, 1.807) is 0 Å². The lowest BCUT2D eigenvalue weighted by atomic mass is 9.93. The Bertz CT molecular complexity index is 1140. The van der Waals surface area contributed by atoms with Crippen LogP contribution in [0.5, 0.6) is 0 Å². The first kappa shape index (κ1) is 21.9. The third-order valence-electron chi connectivity index (χ3n) is 5.91. The molecule has 0 radical (unpaired) electrons. The van der Waals surface area contributed by atoms with Crippen LogP contribution in [0.1, 0.15) is 35.1 Å². The van der Waals surface area contributed by atoms with Gasteiger partial charge in [-0.25, -0.2) is 13.2 Å². The Hall–Kier alpha value is -3.33. The summed E-state index contributed by atoms with van der Waals surface area (Å²) in [6.07, 6.45) is 2.79. The largest absolute Gasteiger partial charge is 0.204 e. The molecule has 0 heterocycles. The van der Waals surface area contributed by atoms with Gasteiger partial charge in [-0.3, -0.25) is 0 Å². The first-order chi connectivity index (χ1) is 15.5. The molecule has 1 unspecified atom stereocenters. The van der Waals surface area contributed by atoms with E-state index in [9.17, 15) is 13.2 Å². The number of rotatable bonds is 7. The maximum absolute atomic E-state index is 13.5. The van der Waals surface area contributed by atoms with Crippen molar-refractivity contribution < 1.29 is 13.2 Å². The fraction of sp³-hybridized carbons (Fsp3) is 0.172. The van der Waals surface area contributed by atoms with Gasteiger partial charge in [0.15, 0.2) is 17.5 Å². The Labute approximate surface area is 187 Å². The maximum Gasteiger partial charge on any atom is 0.194 e. The molecule has 0 bridgehead atoms. The average molecular weight is 431 g/mol. The molecule has 1 atom stereocenters. The molecular formula is C29H25F3. The van der Waals surface area contributed by atoms with Gasteiger partial charge in [-0.05, 0) is 70.7 Å². The van der Waals surface area contributed by atoms with Crippen molar-refractivity contribution >= 4 is 0 Å². The van der Waals surface area contributed by atoms with E-state index < -0.39 is 17.5 Å². The number of benzene rings is 4. The van der Waals surface area contributed by atoms with Gasteiger partial charge in [-0.2, -0.15) is 0 Å². The Morgan fingerprint density at radius 1 is 0.594 bits per heavy atom. The molecule has 3 heteroatoms. The highest BCUT2D eigenvalue weighted by molar-refractivity contribution is 5.64. The highest BCUT2D eigenvalue weighted by Crippen LogP contribution is 2.25. The zero-order valence-corrected chi connectivity index (χ0v) is 18.0. The van der Waals surface area contributed by atoms with Gasteiger partial charge in [-0.1, -0.05) is 85.8 Å². The van der Waals surface area contributed by atoms with E-state index in [1.165, 1.54) is 16.7 Å². The fourth-order valence-corrected chi connectivity index (χ4v) is 3.97. The Morgan fingerprint density at radius 3 is 1.66 bits per heavy atom. The summed E-state index contributed by atoms with van der Waals surface area (Å²) in [4.78, 5) is 0. The number of aryl methyl sites for hydroxylation is 2. The lowest BCUT2D eigenvalue weighted by Crippen LogP contribution is -1.99. The predicted octanol–water partition coefficient (Wildman–Crippen LogP) is 7.90. The first-order valence-electron chi connectivity index (χ1n) is 10.9. The molecule has 0 fully saturated rings. The Balaban J connectivity index is 1.35. The second-order valence-electron chi connectivity index (χ2n) is 8.28. The molecule has 4 aromatic carbocycles. The highest BCUT2D eigenvalue weighted by atomic mass is 19.2. The molecule has 32 heavy (non-hydrogen) atoms. The van der Waals surface area contributed by atoms with Crippen LogP contribution >= 0.6 is 0 Å². The minimum atomic E-state index is -1.44. The molecule has 0 spiro atoms. The van der Waals surface area contributed by atoms with Gasteiger partial charge < -0.3 is 0 Å². The molecule has 0 N–H and O–H groups in total. The van der Waals surface area contributed by atoms with Crippen LogP contribution in [0.4, 0.5) is 13.2 Å². The van der Waals surface area contributed by atoms with Crippen LogP contribution in [0.2, 0.25) is 0 Å². The van der Waals surface area contributed by atoms with Gasteiger partial charge in [-0.15, -0.1) is 0 Å². The van der Waals surface area contributed by atoms with Crippen molar-refractivity contribution in [3.05, 3.63) is 131 Å². The third kappa shape index (κ3) is 5.28. The smallest absolute Gasteiger partial charge is 0.194 e. The van der Waals surface area contributed by atoms with Crippen molar-refractivity contribution in [1.29, 1.82) is 0 Å². The number of hydrogen-bond acceptors (Lipinski definition) is 0. The first-order valence-corrected chi connectivity index (χ1v) is 10.9. The summed E-state index contributed by atoms with van der Waals surface area (Å²) in [6, 6.07) is 28.9. The van der Waals surface area contributed by atoms with Crippen LogP contribution < -0.4 is 0 Å². The van der Waals surface area contributed by atoms with E-state index in [-0.39, 0.29) is 0 Å². The van der Waals surface area contributed by atoms with Crippen LogP contribution in [-0.4, -0.2) is 0 Å². The fourth-order valence-electron chi connectivity index (χ4n) is 3.97. The summed E-state index contributed by atoms with van der Waals surface area (Å²) < 4.78 is 40.1. The minimum absolute atomic E-state index is 0.327. The molecule has 4 aromatic rings. The molecule has 0 aliphatic heterocycles. The topological polar surface area (TPSA) is 0 Å². The highest BCUT2D eigenvalue weighted by Gasteiger charge is 2.11. The van der Waals surface area contributed by atoms with E-state index >= 15 is 0 Å². The van der Waals surface area contributed by atoms with Gasteiger partial charge in [0.25, 0.3) is 0 Å². The van der Waals surface area contributed by atoms with Crippen LogP contribution in [0.25, 0.3) is 11.1 Å². The van der Waals surface area contributed by atoms with E-state index in [1.807, 2.05) is 30.3 Å². The molecule has 162 valence electrons. The van der Waals surface area contributed by atoms with Crippen molar-refractivity contribution in [2.75, 3.05) is 0 Å². The van der Waals surface area contributed by atoms with Gasteiger partial charge in [0.05, 0.1) is 0 Å². The Morgan fingerprint density at radius 2 is 1.09 bits per heavy atom. The van der Waals surface area contributed by atoms with E-state index in [4.69, 9.17) is 0 Å². The van der Waals surface area contributed by atoms with E-state index in [0.717, 1.165) is 37.0 Å². The van der Waals surface area contributed by atoms with Crippen LogP contribution in [0.15, 0.2) is 91.0 Å². The number of hydrogen-bond donors (Lipinski definition) is 0. The zero-order chi connectivity index (χ0) is 22.5. The van der Waals surface area contributed by atoms with E-state index in [0.29, 0.717) is 17.0 Å². The molecule has 4 rings (SSSR count). The van der Waals surface area contributed by atoms with Crippen molar-refractivity contribution in [1.82, 2.24) is 0 Å². The van der Waals surface area contributed by atoms with Crippen molar-refractivity contribution in [2.24, 2.45) is 0 Å². The number of halogens is 3. The van der Waals surface area contributed by atoms with Gasteiger partial charge in [0.1, 0.15) is 0 Å². The summed E-state index contributed by atoms with van der Waals surface area (Å²) in [6.45, 7) is 2.25. The Kier molecular flexibility index (Phi) is 6.75. The maximum atomic E-state index is 13.5. The monoisotopic (exact) mass is 430 g/mol. The van der Waals surface area contributed by atoms with Crippen molar-refractivity contribution in [3.8, 4) is 11.1 Å². The lowest BCUT2D eigenvalue weighted by Gasteiger charge is -2.12. The van der Waals surface area contributed by atoms with Crippen LogP contribution in [0, 0.1) is 17.5 Å². The standard InChI is InChI=1S/C29H25F3/c1-20(24-5-3-2-4-6-24)17-23-11-9-21(10-12-23)7-8-22-13-15-25(16-14-22)26-18-27(30)29(32)28(31)19-26/h2-6,9-16,18-20H,7-8,17H2,1H3. The molecule has 0 saturated heterocycles. The van der Waals surface area contributed by atoms with Crippen molar-refractivity contribution in [3.63, 3.8) is 0 Å². The molecule has 0 nitrogen and oxygen atoms in total. The SMILES string of the molecule is CC(Cc1ccc(CCc2ccc(-c3cc(F)c(F)c(F)c3)cc2)cc1)c1ccccc1. The lowest BCUT2D eigenvalue weighted by molar-refractivity contribution is 0.448. The molecule has 0 aromatic heterocycles.